The zero-order chi connectivity index (χ0) is 6.04. The molecule has 0 saturated heterocycles. The molecule has 1 N–H and O–H groups in total. The van der Waals surface area contributed by atoms with Gasteiger partial charge in [-0.2, -0.15) is 0 Å². The monoisotopic (exact) mass is 133 g/mol. The quantitative estimate of drug-likeness (QED) is 0.498. The molecule has 3 nitrogen and oxygen atoms in total. The first-order valence-corrected chi connectivity index (χ1v) is 3.91. The summed E-state index contributed by atoms with van der Waals surface area (Å²) in [5, 5.41) is 1.19. The van der Waals surface area contributed by atoms with Gasteiger partial charge in [-0.25, -0.2) is 13.1 Å². The fourth-order valence-electron chi connectivity index (χ4n) is 0.527. The third-order valence-electron chi connectivity index (χ3n) is 0.890. The Morgan fingerprint density at radius 2 is 2.25 bits per heavy atom. The van der Waals surface area contributed by atoms with Gasteiger partial charge in [0.1, 0.15) is 0 Å². The summed E-state index contributed by atoms with van der Waals surface area (Å²) >= 11 is 0. The number of hydrogen-bond acceptors (Lipinski definition) is 2. The molecule has 0 bridgehead atoms. The van der Waals surface area contributed by atoms with E-state index in [9.17, 15) is 8.42 Å². The van der Waals surface area contributed by atoms with Gasteiger partial charge >= 0.3 is 0 Å². The Balaban J connectivity index is 2.87. The molecule has 8 heavy (non-hydrogen) atoms. The van der Waals surface area contributed by atoms with Crippen LogP contribution in [0.2, 0.25) is 0 Å². The highest BCUT2D eigenvalue weighted by atomic mass is 32.2. The summed E-state index contributed by atoms with van der Waals surface area (Å²) < 4.78 is 23.2. The summed E-state index contributed by atoms with van der Waals surface area (Å²) in [5.74, 6) is 0. The van der Waals surface area contributed by atoms with Crippen molar-refractivity contribution < 1.29 is 8.42 Å². The van der Waals surface area contributed by atoms with Gasteiger partial charge in [0.2, 0.25) is 10.0 Å². The Morgan fingerprint density at radius 1 is 1.50 bits per heavy atom. The molecular formula is C4H7NO2S. The van der Waals surface area contributed by atoms with E-state index in [-0.39, 0.29) is 0 Å². The molecule has 0 fully saturated rings. The first-order chi connectivity index (χ1) is 3.71. The van der Waals surface area contributed by atoms with Crippen LogP contribution in [0.1, 0.15) is 6.42 Å². The molecule has 46 valence electrons. The van der Waals surface area contributed by atoms with Crippen molar-refractivity contribution in [3.63, 3.8) is 0 Å². The van der Waals surface area contributed by atoms with Crippen molar-refractivity contribution >= 4 is 10.0 Å². The molecule has 4 heteroatoms. The summed E-state index contributed by atoms with van der Waals surface area (Å²) in [5.41, 5.74) is 0. The fraction of sp³-hybridized carbons (Fsp3) is 0.500. The van der Waals surface area contributed by atoms with Crippen molar-refractivity contribution in [3.8, 4) is 0 Å². The van der Waals surface area contributed by atoms with Gasteiger partial charge in [-0.1, -0.05) is 6.08 Å². The van der Waals surface area contributed by atoms with Crippen molar-refractivity contribution in [1.29, 1.82) is 0 Å². The maximum atomic E-state index is 10.5. The Labute approximate surface area is 48.4 Å². The molecule has 0 aromatic heterocycles. The minimum absolute atomic E-state index is 0.541. The van der Waals surface area contributed by atoms with Crippen LogP contribution < -0.4 is 4.72 Å². The predicted molar refractivity (Wildman–Crippen MR) is 30.7 cm³/mol. The summed E-state index contributed by atoms with van der Waals surface area (Å²) in [6.07, 6.45) is 2.45. The largest absolute Gasteiger partial charge is 0.233 e. The molecule has 1 rings (SSSR count). The second-order valence-corrected chi connectivity index (χ2v) is 3.25. The standard InChI is InChI=1S/C4H7NO2S/c6-8(7)4-2-1-3-5-8/h2,4-5H,1,3H2. The fourth-order valence-corrected chi connectivity index (χ4v) is 1.42. The zero-order valence-electron chi connectivity index (χ0n) is 4.29. The maximum Gasteiger partial charge on any atom is 0.233 e. The Hall–Kier alpha value is -0.350. The molecule has 1 heterocycles. The third-order valence-corrected chi connectivity index (χ3v) is 2.05. The van der Waals surface area contributed by atoms with Gasteiger partial charge in [-0.15, -0.1) is 0 Å². The number of rotatable bonds is 0. The second kappa shape index (κ2) is 1.87. The van der Waals surface area contributed by atoms with Gasteiger partial charge in [0, 0.05) is 12.0 Å². The van der Waals surface area contributed by atoms with Crippen LogP contribution in [0.15, 0.2) is 11.5 Å². The van der Waals surface area contributed by atoms with E-state index < -0.39 is 10.0 Å². The van der Waals surface area contributed by atoms with E-state index in [1.807, 2.05) is 0 Å². The lowest BCUT2D eigenvalue weighted by Gasteiger charge is -2.03. The lowest BCUT2D eigenvalue weighted by Crippen LogP contribution is -2.24. The van der Waals surface area contributed by atoms with Crippen LogP contribution in [0.4, 0.5) is 0 Å². The van der Waals surface area contributed by atoms with Crippen molar-refractivity contribution in [1.82, 2.24) is 4.72 Å². The molecule has 1 aliphatic rings. The highest BCUT2D eigenvalue weighted by molar-refractivity contribution is 7.92. The molecule has 0 atom stereocenters. The molecule has 0 aromatic rings. The Kier molecular flexibility index (Phi) is 1.35. The minimum atomic E-state index is -3.01. The molecule has 0 unspecified atom stereocenters. The van der Waals surface area contributed by atoms with E-state index in [2.05, 4.69) is 4.72 Å². The minimum Gasteiger partial charge on any atom is -0.211 e. The van der Waals surface area contributed by atoms with E-state index in [4.69, 9.17) is 0 Å². The number of nitrogens with one attached hydrogen (secondary N) is 1. The lowest BCUT2D eigenvalue weighted by atomic mass is 10.4. The highest BCUT2D eigenvalue weighted by Gasteiger charge is 2.05. The second-order valence-electron chi connectivity index (χ2n) is 1.60. The predicted octanol–water partition coefficient (Wildman–Crippen LogP) is -0.177. The molecule has 1 aliphatic heterocycles. The number of hydrogen-bond donors (Lipinski definition) is 1. The molecule has 0 radical (unpaired) electrons. The average molecular weight is 133 g/mol. The third kappa shape index (κ3) is 1.31. The van der Waals surface area contributed by atoms with E-state index in [0.29, 0.717) is 6.54 Å². The summed E-state index contributed by atoms with van der Waals surface area (Å²) in [4.78, 5) is 0. The molecule has 0 spiro atoms. The van der Waals surface area contributed by atoms with Crippen LogP contribution >= 0.6 is 0 Å². The van der Waals surface area contributed by atoms with E-state index in [1.165, 1.54) is 5.41 Å². The van der Waals surface area contributed by atoms with Crippen LogP contribution in [-0.4, -0.2) is 15.0 Å². The first kappa shape index (κ1) is 5.78. The van der Waals surface area contributed by atoms with Gasteiger partial charge in [0.15, 0.2) is 0 Å². The molecule has 0 aromatic carbocycles. The van der Waals surface area contributed by atoms with Crippen molar-refractivity contribution in [3.05, 3.63) is 11.5 Å². The van der Waals surface area contributed by atoms with E-state index >= 15 is 0 Å². The van der Waals surface area contributed by atoms with Gasteiger partial charge in [0.25, 0.3) is 0 Å². The summed E-state index contributed by atoms with van der Waals surface area (Å²) in [6, 6.07) is 0. The lowest BCUT2D eigenvalue weighted by molar-refractivity contribution is 0.588. The van der Waals surface area contributed by atoms with Crippen LogP contribution in [0.5, 0.6) is 0 Å². The normalized spacial score (nSPS) is 25.5. The van der Waals surface area contributed by atoms with E-state index in [0.717, 1.165) is 6.42 Å². The van der Waals surface area contributed by atoms with Crippen LogP contribution in [-0.2, 0) is 10.0 Å². The summed E-state index contributed by atoms with van der Waals surface area (Å²) in [7, 11) is -3.01. The average Bonchev–Trinajstić information content (AvgIpc) is 1.65. The SMILES string of the molecule is O=S1(=O)C=CCCN1. The van der Waals surface area contributed by atoms with Crippen molar-refractivity contribution in [2.75, 3.05) is 6.54 Å². The van der Waals surface area contributed by atoms with E-state index in [1.54, 1.807) is 6.08 Å². The topological polar surface area (TPSA) is 46.2 Å². The first-order valence-electron chi connectivity index (χ1n) is 2.37. The molecular weight excluding hydrogens is 126 g/mol. The van der Waals surface area contributed by atoms with Crippen molar-refractivity contribution in [2.24, 2.45) is 0 Å². The Morgan fingerprint density at radius 3 is 2.50 bits per heavy atom. The molecule has 0 amide bonds. The number of sulfonamides is 1. The van der Waals surface area contributed by atoms with Gasteiger partial charge in [0.05, 0.1) is 0 Å². The highest BCUT2D eigenvalue weighted by Crippen LogP contribution is 1.95. The smallest absolute Gasteiger partial charge is 0.211 e. The van der Waals surface area contributed by atoms with Crippen LogP contribution in [0, 0.1) is 0 Å². The zero-order valence-corrected chi connectivity index (χ0v) is 5.11. The van der Waals surface area contributed by atoms with Gasteiger partial charge in [-0.3, -0.25) is 0 Å². The van der Waals surface area contributed by atoms with Crippen molar-refractivity contribution in [2.45, 2.75) is 6.42 Å². The van der Waals surface area contributed by atoms with Gasteiger partial charge in [-0.05, 0) is 6.42 Å². The summed E-state index contributed by atoms with van der Waals surface area (Å²) in [6.45, 7) is 0.541. The molecule has 0 aliphatic carbocycles. The van der Waals surface area contributed by atoms with Crippen LogP contribution in [0.3, 0.4) is 0 Å². The Bertz CT molecular complexity index is 192. The molecule has 0 saturated carbocycles. The van der Waals surface area contributed by atoms with Gasteiger partial charge < -0.3 is 0 Å². The maximum absolute atomic E-state index is 10.5. The van der Waals surface area contributed by atoms with Crippen LogP contribution in [0.25, 0.3) is 0 Å².